The minimum atomic E-state index is 1.12. The van der Waals surface area contributed by atoms with E-state index in [1.165, 1.54) is 60.5 Å². The smallest absolute Gasteiger partial charge is 0.0541 e. The van der Waals surface area contributed by atoms with Crippen LogP contribution >= 0.6 is 0 Å². The van der Waals surface area contributed by atoms with E-state index < -0.39 is 0 Å². The highest BCUT2D eigenvalue weighted by Crippen LogP contribution is 2.39. The zero-order chi connectivity index (χ0) is 31.9. The molecule has 0 saturated carbocycles. The van der Waals surface area contributed by atoms with Crippen LogP contribution < -0.4 is 4.90 Å². The highest BCUT2D eigenvalue weighted by Gasteiger charge is 2.16. The Balaban J connectivity index is 1.11. The van der Waals surface area contributed by atoms with Crippen LogP contribution in [0.1, 0.15) is 0 Å². The van der Waals surface area contributed by atoms with Crippen molar-refractivity contribution in [1.82, 2.24) is 4.57 Å². The Bertz CT molecular complexity index is 2520. The van der Waals surface area contributed by atoms with Gasteiger partial charge in [0.1, 0.15) is 0 Å². The number of anilines is 3. The van der Waals surface area contributed by atoms with E-state index in [9.17, 15) is 0 Å². The molecule has 9 aromatic rings. The summed E-state index contributed by atoms with van der Waals surface area (Å²) >= 11 is 0. The minimum Gasteiger partial charge on any atom is -0.311 e. The summed E-state index contributed by atoms with van der Waals surface area (Å²) < 4.78 is 2.42. The summed E-state index contributed by atoms with van der Waals surface area (Å²) in [5.41, 5.74) is 11.8. The molecule has 0 unspecified atom stereocenters. The molecular formula is C46H32N2. The fourth-order valence-corrected chi connectivity index (χ4v) is 7.08. The molecule has 1 heterocycles. The Morgan fingerprint density at radius 3 is 1.54 bits per heavy atom. The predicted octanol–water partition coefficient (Wildman–Crippen LogP) is 12.7. The van der Waals surface area contributed by atoms with E-state index in [4.69, 9.17) is 0 Å². The van der Waals surface area contributed by atoms with Crippen LogP contribution in [0, 0.1) is 0 Å². The molecule has 0 aliphatic carbocycles. The van der Waals surface area contributed by atoms with Gasteiger partial charge in [0, 0.05) is 33.2 Å². The molecule has 0 aliphatic rings. The zero-order valence-electron chi connectivity index (χ0n) is 26.4. The molecule has 0 fully saturated rings. The fraction of sp³-hybridized carbons (Fsp3) is 0. The van der Waals surface area contributed by atoms with Crippen LogP contribution in [-0.2, 0) is 0 Å². The van der Waals surface area contributed by atoms with Crippen LogP contribution in [-0.4, -0.2) is 4.57 Å². The van der Waals surface area contributed by atoms with Crippen molar-refractivity contribution in [2.45, 2.75) is 0 Å². The molecule has 0 spiro atoms. The van der Waals surface area contributed by atoms with Crippen LogP contribution in [0.4, 0.5) is 17.1 Å². The van der Waals surface area contributed by atoms with Crippen LogP contribution in [0.25, 0.3) is 60.5 Å². The largest absolute Gasteiger partial charge is 0.311 e. The third-order valence-corrected chi connectivity index (χ3v) is 9.39. The van der Waals surface area contributed by atoms with E-state index in [-0.39, 0.29) is 0 Å². The van der Waals surface area contributed by atoms with Gasteiger partial charge in [-0.05, 0) is 88.3 Å². The molecule has 8 aromatic carbocycles. The van der Waals surface area contributed by atoms with Gasteiger partial charge >= 0.3 is 0 Å². The number of hydrogen-bond donors (Lipinski definition) is 0. The lowest BCUT2D eigenvalue weighted by Gasteiger charge is -2.26. The average Bonchev–Trinajstić information content (AvgIpc) is 3.49. The predicted molar refractivity (Wildman–Crippen MR) is 204 cm³/mol. The number of benzene rings is 8. The van der Waals surface area contributed by atoms with Gasteiger partial charge in [0.05, 0.1) is 16.7 Å². The first-order valence-electron chi connectivity index (χ1n) is 16.4. The van der Waals surface area contributed by atoms with E-state index in [2.05, 4.69) is 204 Å². The highest BCUT2D eigenvalue weighted by molar-refractivity contribution is 6.11. The van der Waals surface area contributed by atoms with Crippen molar-refractivity contribution in [3.8, 4) is 27.9 Å². The van der Waals surface area contributed by atoms with Gasteiger partial charge in [-0.3, -0.25) is 0 Å². The lowest BCUT2D eigenvalue weighted by molar-refractivity contribution is 1.20. The van der Waals surface area contributed by atoms with Crippen LogP contribution in [0.2, 0.25) is 0 Å². The summed E-state index contributed by atoms with van der Waals surface area (Å²) in [4.78, 5) is 2.32. The molecule has 2 nitrogen and oxygen atoms in total. The first-order valence-corrected chi connectivity index (χ1v) is 16.4. The van der Waals surface area contributed by atoms with Crippen LogP contribution in [0.3, 0.4) is 0 Å². The van der Waals surface area contributed by atoms with Gasteiger partial charge in [0.15, 0.2) is 0 Å². The number of nitrogens with zero attached hydrogens (tertiary/aromatic N) is 2. The Hall–Kier alpha value is -6.38. The molecule has 0 atom stereocenters. The van der Waals surface area contributed by atoms with Crippen molar-refractivity contribution in [3.63, 3.8) is 0 Å². The molecule has 0 amide bonds. The molecule has 0 bridgehead atoms. The second-order valence-electron chi connectivity index (χ2n) is 12.2. The van der Waals surface area contributed by atoms with Crippen molar-refractivity contribution < 1.29 is 0 Å². The van der Waals surface area contributed by atoms with Gasteiger partial charge in [-0.15, -0.1) is 0 Å². The van der Waals surface area contributed by atoms with Crippen molar-refractivity contribution in [2.75, 3.05) is 4.90 Å². The summed E-state index contributed by atoms with van der Waals surface area (Å²) in [5.74, 6) is 0. The van der Waals surface area contributed by atoms with Gasteiger partial charge in [0.25, 0.3) is 0 Å². The minimum absolute atomic E-state index is 1.12. The lowest BCUT2D eigenvalue weighted by Crippen LogP contribution is -2.09. The zero-order valence-corrected chi connectivity index (χ0v) is 26.4. The Morgan fingerprint density at radius 2 is 0.812 bits per heavy atom. The molecule has 9 rings (SSSR count). The van der Waals surface area contributed by atoms with Gasteiger partial charge < -0.3 is 9.47 Å². The SMILES string of the molecule is c1ccc(-c2ccc(N(c3ccccc3)c3ccc(-c4ccc5c(c4)c4ccccc4n5-c4cccc5ccccc45)cc3)cc2)cc1. The summed E-state index contributed by atoms with van der Waals surface area (Å²) in [7, 11) is 0. The van der Waals surface area contributed by atoms with Gasteiger partial charge in [-0.1, -0.05) is 133 Å². The monoisotopic (exact) mass is 612 g/mol. The van der Waals surface area contributed by atoms with Crippen molar-refractivity contribution >= 4 is 49.6 Å². The molecule has 48 heavy (non-hydrogen) atoms. The molecule has 0 saturated heterocycles. The maximum absolute atomic E-state index is 2.42. The second-order valence-corrected chi connectivity index (χ2v) is 12.2. The van der Waals surface area contributed by atoms with E-state index in [0.717, 1.165) is 17.1 Å². The topological polar surface area (TPSA) is 8.17 Å². The third-order valence-electron chi connectivity index (χ3n) is 9.39. The standard InChI is InChI=1S/C46H32N2/c1-3-12-33(13-4-1)34-22-27-39(28-23-34)47(38-16-5-2-6-17-38)40-29-24-35(25-30-40)37-26-31-46-43(32-37)42-19-9-10-20-45(42)48(46)44-21-11-15-36-14-7-8-18-41(36)44/h1-32H. The van der Waals surface area contributed by atoms with Crippen molar-refractivity contribution in [3.05, 3.63) is 194 Å². The van der Waals surface area contributed by atoms with Gasteiger partial charge in [-0.25, -0.2) is 0 Å². The molecule has 0 aliphatic heterocycles. The molecule has 0 N–H and O–H groups in total. The summed E-state index contributed by atoms with van der Waals surface area (Å²) in [6, 6.07) is 69.8. The normalized spacial score (nSPS) is 11.3. The van der Waals surface area contributed by atoms with Crippen molar-refractivity contribution in [1.29, 1.82) is 0 Å². The lowest BCUT2D eigenvalue weighted by atomic mass is 10.0. The van der Waals surface area contributed by atoms with E-state index in [1.54, 1.807) is 0 Å². The van der Waals surface area contributed by atoms with Gasteiger partial charge in [-0.2, -0.15) is 0 Å². The fourth-order valence-electron chi connectivity index (χ4n) is 7.08. The highest BCUT2D eigenvalue weighted by atomic mass is 15.1. The second kappa shape index (κ2) is 11.8. The van der Waals surface area contributed by atoms with Crippen molar-refractivity contribution in [2.24, 2.45) is 0 Å². The van der Waals surface area contributed by atoms with Crippen LogP contribution in [0.15, 0.2) is 194 Å². The Kier molecular flexibility index (Phi) is 6.84. The third kappa shape index (κ3) is 4.83. The first kappa shape index (κ1) is 27.9. The molecule has 226 valence electrons. The molecule has 1 aromatic heterocycles. The first-order chi connectivity index (χ1) is 23.8. The van der Waals surface area contributed by atoms with Crippen LogP contribution in [0.5, 0.6) is 0 Å². The van der Waals surface area contributed by atoms with E-state index >= 15 is 0 Å². The van der Waals surface area contributed by atoms with Gasteiger partial charge in [0.2, 0.25) is 0 Å². The average molecular weight is 613 g/mol. The van der Waals surface area contributed by atoms with E-state index in [1.807, 2.05) is 0 Å². The molecular weight excluding hydrogens is 581 g/mol. The summed E-state index contributed by atoms with van der Waals surface area (Å²) in [5, 5.41) is 5.01. The van der Waals surface area contributed by atoms with E-state index in [0.29, 0.717) is 0 Å². The number of aromatic nitrogens is 1. The quantitative estimate of drug-likeness (QED) is 0.181. The number of fused-ring (bicyclic) bond motifs is 4. The molecule has 0 radical (unpaired) electrons. The number of hydrogen-bond acceptors (Lipinski definition) is 1. The number of para-hydroxylation sites is 2. The Morgan fingerprint density at radius 1 is 0.312 bits per heavy atom. The summed E-state index contributed by atoms with van der Waals surface area (Å²) in [6.07, 6.45) is 0. The Labute approximate surface area is 280 Å². The maximum atomic E-state index is 2.42. The summed E-state index contributed by atoms with van der Waals surface area (Å²) in [6.45, 7) is 0. The molecule has 2 heteroatoms. The maximum Gasteiger partial charge on any atom is 0.0541 e. The number of rotatable bonds is 6.